The van der Waals surface area contributed by atoms with Crippen LogP contribution in [-0.2, 0) is 19.2 Å². The molecule has 0 heterocycles. The Morgan fingerprint density at radius 2 is 0.957 bits per heavy atom. The van der Waals surface area contributed by atoms with Crippen LogP contribution in [0.25, 0.3) is 0 Å². The van der Waals surface area contributed by atoms with E-state index in [-0.39, 0.29) is 42.4 Å². The van der Waals surface area contributed by atoms with Gasteiger partial charge < -0.3 is 37.6 Å². The molecule has 0 rings (SSSR count). The third kappa shape index (κ3) is 31.5. The van der Waals surface area contributed by atoms with Crippen LogP contribution in [0.2, 0.25) is 0 Å². The highest BCUT2D eigenvalue weighted by molar-refractivity contribution is 5.83. The minimum atomic E-state index is -0.144. The molecular weight excluding hydrogens is 596 g/mol. The normalized spacial score (nSPS) is 10.8. The second kappa shape index (κ2) is 33.0. The number of nitrogens with one attached hydrogen (secondary N) is 4. The zero-order chi connectivity index (χ0) is 34.8. The maximum Gasteiger partial charge on any atom is 0.223 e. The Kier molecular flexibility index (Phi) is 31.0. The van der Waals surface area contributed by atoms with Gasteiger partial charge in [0, 0.05) is 65.0 Å². The number of carbonyl (C=O) groups excluding carboxylic acids is 4. The van der Waals surface area contributed by atoms with Crippen LogP contribution in [0.15, 0.2) is 4.99 Å². The zero-order valence-corrected chi connectivity index (χ0v) is 30.0. The second-order valence-corrected chi connectivity index (χ2v) is 12.4. The summed E-state index contributed by atoms with van der Waals surface area (Å²) >= 11 is 0. The molecule has 8 N–H and O–H groups in total. The predicted molar refractivity (Wildman–Crippen MR) is 193 cm³/mol. The Morgan fingerprint density at radius 3 is 1.47 bits per heavy atom. The van der Waals surface area contributed by atoms with E-state index in [9.17, 15) is 19.2 Å². The quantitative estimate of drug-likeness (QED) is 0.0349. The monoisotopic (exact) mass is 667 g/mol. The van der Waals surface area contributed by atoms with Gasteiger partial charge in [-0.05, 0) is 51.6 Å². The van der Waals surface area contributed by atoms with E-state index in [1.807, 2.05) is 0 Å². The summed E-state index contributed by atoms with van der Waals surface area (Å²) in [6, 6.07) is 0. The highest BCUT2D eigenvalue weighted by atomic mass is 16.2. The van der Waals surface area contributed by atoms with Crippen molar-refractivity contribution in [3.05, 3.63) is 0 Å². The van der Waals surface area contributed by atoms with Gasteiger partial charge >= 0.3 is 0 Å². The average Bonchev–Trinajstić information content (AvgIpc) is 3.05. The fourth-order valence-electron chi connectivity index (χ4n) is 5.11. The number of guanidine groups is 1. The van der Waals surface area contributed by atoms with E-state index in [1.165, 1.54) is 51.4 Å². The first kappa shape index (κ1) is 44.1. The molecule has 274 valence electrons. The summed E-state index contributed by atoms with van der Waals surface area (Å²) in [6.45, 7) is 9.08. The lowest BCUT2D eigenvalue weighted by atomic mass is 10.1. The lowest BCUT2D eigenvalue weighted by Gasteiger charge is -2.23. The van der Waals surface area contributed by atoms with Crippen LogP contribution >= 0.6 is 0 Å². The maximum atomic E-state index is 13.1. The van der Waals surface area contributed by atoms with Crippen molar-refractivity contribution in [2.45, 2.75) is 142 Å². The van der Waals surface area contributed by atoms with Crippen LogP contribution in [0.3, 0.4) is 0 Å². The van der Waals surface area contributed by atoms with Crippen molar-refractivity contribution < 1.29 is 19.2 Å². The summed E-state index contributed by atoms with van der Waals surface area (Å²) in [5.74, 6) is -0.0117. The van der Waals surface area contributed by atoms with Gasteiger partial charge in [0.25, 0.3) is 0 Å². The summed E-state index contributed by atoms with van der Waals surface area (Å²) in [4.78, 5) is 55.6. The molecule has 0 fully saturated rings. The SMILES string of the molecule is CCCCCCCCC(=O)NCCCN(CCCNC(=O)CCCCCCCC)C(=O)CCC(=O)NCCCNCCCN=C(N)N. The first-order chi connectivity index (χ1) is 22.8. The highest BCUT2D eigenvalue weighted by Gasteiger charge is 2.15. The molecule has 0 aromatic carbocycles. The smallest absolute Gasteiger partial charge is 0.223 e. The molecule has 0 aliphatic carbocycles. The number of nitrogens with zero attached hydrogens (tertiary/aromatic N) is 2. The first-order valence-corrected chi connectivity index (χ1v) is 18.6. The minimum absolute atomic E-state index is 0.0595. The van der Waals surface area contributed by atoms with Gasteiger partial charge in [-0.2, -0.15) is 0 Å². The van der Waals surface area contributed by atoms with Gasteiger partial charge in [0.2, 0.25) is 23.6 Å². The number of aliphatic imine (C=N–C) groups is 1. The second-order valence-electron chi connectivity index (χ2n) is 12.4. The zero-order valence-electron chi connectivity index (χ0n) is 30.0. The fraction of sp³-hybridized carbons (Fsp3) is 0.857. The van der Waals surface area contributed by atoms with Gasteiger partial charge in [0.1, 0.15) is 0 Å². The third-order valence-electron chi connectivity index (χ3n) is 7.95. The van der Waals surface area contributed by atoms with Gasteiger partial charge in [0.15, 0.2) is 5.96 Å². The van der Waals surface area contributed by atoms with Crippen LogP contribution in [-0.4, -0.2) is 86.8 Å². The van der Waals surface area contributed by atoms with Crippen LogP contribution < -0.4 is 32.7 Å². The Morgan fingerprint density at radius 1 is 0.511 bits per heavy atom. The summed E-state index contributed by atoms with van der Waals surface area (Å²) in [5.41, 5.74) is 10.6. The van der Waals surface area contributed by atoms with Crippen molar-refractivity contribution in [2.24, 2.45) is 16.5 Å². The number of amides is 4. The lowest BCUT2D eigenvalue weighted by molar-refractivity contribution is -0.133. The first-order valence-electron chi connectivity index (χ1n) is 18.6. The van der Waals surface area contributed by atoms with Crippen molar-refractivity contribution in [1.29, 1.82) is 0 Å². The molecule has 0 atom stereocenters. The molecular formula is C35H70N8O4. The highest BCUT2D eigenvalue weighted by Crippen LogP contribution is 2.08. The number of rotatable bonds is 33. The fourth-order valence-corrected chi connectivity index (χ4v) is 5.11. The number of nitrogens with two attached hydrogens (primary N) is 2. The molecule has 47 heavy (non-hydrogen) atoms. The van der Waals surface area contributed by atoms with E-state index in [1.54, 1.807) is 4.90 Å². The molecule has 0 aromatic rings. The summed E-state index contributed by atoms with van der Waals surface area (Å²) in [5, 5.41) is 12.1. The van der Waals surface area contributed by atoms with E-state index in [2.05, 4.69) is 40.1 Å². The number of unbranched alkanes of at least 4 members (excludes halogenated alkanes) is 10. The molecule has 0 bridgehead atoms. The van der Waals surface area contributed by atoms with Gasteiger partial charge in [0.05, 0.1) is 0 Å². The largest absolute Gasteiger partial charge is 0.370 e. The molecule has 12 heteroatoms. The van der Waals surface area contributed by atoms with E-state index in [0.29, 0.717) is 65.0 Å². The van der Waals surface area contributed by atoms with Crippen molar-refractivity contribution >= 4 is 29.6 Å². The molecule has 0 spiro atoms. The van der Waals surface area contributed by atoms with Crippen molar-refractivity contribution in [3.8, 4) is 0 Å². The van der Waals surface area contributed by atoms with Crippen LogP contribution in [0.5, 0.6) is 0 Å². The van der Waals surface area contributed by atoms with Gasteiger partial charge in [-0.3, -0.25) is 24.2 Å². The summed E-state index contributed by atoms with van der Waals surface area (Å²) < 4.78 is 0. The predicted octanol–water partition coefficient (Wildman–Crippen LogP) is 3.87. The number of hydrogen-bond acceptors (Lipinski definition) is 6. The molecule has 0 unspecified atom stereocenters. The van der Waals surface area contributed by atoms with Crippen LogP contribution in [0.4, 0.5) is 0 Å². The summed E-state index contributed by atoms with van der Waals surface area (Å²) in [7, 11) is 0. The molecule has 0 radical (unpaired) electrons. The molecule has 0 aromatic heterocycles. The topological polar surface area (TPSA) is 184 Å². The lowest BCUT2D eigenvalue weighted by Crippen LogP contribution is -2.37. The van der Waals surface area contributed by atoms with Crippen LogP contribution in [0, 0.1) is 0 Å². The van der Waals surface area contributed by atoms with Gasteiger partial charge in [-0.15, -0.1) is 0 Å². The minimum Gasteiger partial charge on any atom is -0.370 e. The Hall–Kier alpha value is -2.89. The van der Waals surface area contributed by atoms with E-state index < -0.39 is 0 Å². The maximum absolute atomic E-state index is 13.1. The van der Waals surface area contributed by atoms with Gasteiger partial charge in [-0.25, -0.2) is 0 Å². The molecule has 0 saturated carbocycles. The number of carbonyl (C=O) groups is 4. The molecule has 0 aliphatic heterocycles. The third-order valence-corrected chi connectivity index (χ3v) is 7.95. The Bertz CT molecular complexity index is 800. The van der Waals surface area contributed by atoms with Crippen molar-refractivity contribution in [2.75, 3.05) is 52.4 Å². The Balaban J connectivity index is 4.45. The van der Waals surface area contributed by atoms with Crippen molar-refractivity contribution in [3.63, 3.8) is 0 Å². The molecule has 12 nitrogen and oxygen atoms in total. The van der Waals surface area contributed by atoms with Crippen LogP contribution in [0.1, 0.15) is 142 Å². The molecule has 0 saturated heterocycles. The molecule has 4 amide bonds. The van der Waals surface area contributed by atoms with E-state index in [4.69, 9.17) is 11.5 Å². The Labute approximate surface area is 285 Å². The van der Waals surface area contributed by atoms with Crippen molar-refractivity contribution in [1.82, 2.24) is 26.2 Å². The molecule has 0 aliphatic rings. The van der Waals surface area contributed by atoms with E-state index >= 15 is 0 Å². The van der Waals surface area contributed by atoms with E-state index in [0.717, 1.165) is 51.6 Å². The summed E-state index contributed by atoms with van der Waals surface area (Å²) in [6.07, 6.45) is 17.9. The number of hydrogen-bond donors (Lipinski definition) is 6. The average molecular weight is 667 g/mol. The standard InChI is InChI=1S/C35H70N8O4/c1-3-5-7-9-11-13-19-31(44)40-27-17-29-43(30-18-28-41-32(45)20-14-12-10-8-6-4-2)34(47)22-21-33(46)39-25-15-23-38-24-16-26-42-35(36)37/h38H,3-30H2,1-2H3,(H,39,46)(H,40,44)(H,41,45)(H4,36,37,42). The van der Waals surface area contributed by atoms with Gasteiger partial charge in [-0.1, -0.05) is 78.1 Å².